The smallest absolute Gasteiger partial charge is 0.298 e. The second-order valence-electron chi connectivity index (χ2n) is 5.34. The monoisotopic (exact) mass is 342 g/mol. The standard InChI is InChI=1S/C19H20N2O3.H2O/c22-13-11-21(12-14-23)19-20-17(15-7-3-1-4-8-15)18(24-19)16-9-5-2-6-10-16;/h1-10,22-23H,11-14H2;1H2. The van der Waals surface area contributed by atoms with Gasteiger partial charge in [-0.2, -0.15) is 4.98 Å². The highest BCUT2D eigenvalue weighted by Gasteiger charge is 2.20. The SMILES string of the molecule is O.OCCN(CCO)c1nc(-c2ccccc2)c(-c2ccccc2)o1. The maximum absolute atomic E-state index is 9.24. The van der Waals surface area contributed by atoms with E-state index < -0.39 is 0 Å². The van der Waals surface area contributed by atoms with Gasteiger partial charge >= 0.3 is 0 Å². The lowest BCUT2D eigenvalue weighted by molar-refractivity contribution is 0.276. The fourth-order valence-corrected chi connectivity index (χ4v) is 2.57. The van der Waals surface area contributed by atoms with Gasteiger partial charge in [0, 0.05) is 24.2 Å². The molecule has 0 radical (unpaired) electrons. The van der Waals surface area contributed by atoms with Gasteiger partial charge in [0.15, 0.2) is 5.76 Å². The van der Waals surface area contributed by atoms with E-state index in [0.717, 1.165) is 16.8 Å². The summed E-state index contributed by atoms with van der Waals surface area (Å²) in [4.78, 5) is 6.37. The highest BCUT2D eigenvalue weighted by atomic mass is 16.4. The Hall–Kier alpha value is -2.67. The molecule has 1 heterocycles. The molecule has 0 fully saturated rings. The number of aliphatic hydroxyl groups is 2. The van der Waals surface area contributed by atoms with Crippen LogP contribution in [0.2, 0.25) is 0 Å². The van der Waals surface area contributed by atoms with Gasteiger partial charge in [0.25, 0.3) is 6.01 Å². The van der Waals surface area contributed by atoms with E-state index in [2.05, 4.69) is 4.98 Å². The molecule has 0 saturated heterocycles. The Labute approximate surface area is 146 Å². The van der Waals surface area contributed by atoms with Gasteiger partial charge in [-0.3, -0.25) is 0 Å². The van der Waals surface area contributed by atoms with E-state index in [-0.39, 0.29) is 18.7 Å². The van der Waals surface area contributed by atoms with Crippen LogP contribution in [-0.2, 0) is 0 Å². The minimum Gasteiger partial charge on any atom is -0.423 e. The number of oxazole rings is 1. The van der Waals surface area contributed by atoms with Crippen molar-refractivity contribution >= 4 is 6.01 Å². The van der Waals surface area contributed by atoms with Gasteiger partial charge in [0.05, 0.1) is 13.2 Å². The van der Waals surface area contributed by atoms with Crippen LogP contribution in [0.15, 0.2) is 65.1 Å². The highest BCUT2D eigenvalue weighted by Crippen LogP contribution is 2.35. The van der Waals surface area contributed by atoms with E-state index in [1.54, 1.807) is 4.90 Å². The van der Waals surface area contributed by atoms with E-state index in [1.165, 1.54) is 0 Å². The number of aliphatic hydroxyl groups excluding tert-OH is 2. The summed E-state index contributed by atoms with van der Waals surface area (Å²) in [5.74, 6) is 0.678. The van der Waals surface area contributed by atoms with Gasteiger partial charge in [-0.15, -0.1) is 0 Å². The third-order valence-corrected chi connectivity index (χ3v) is 3.71. The maximum Gasteiger partial charge on any atom is 0.298 e. The Morgan fingerprint density at radius 2 is 1.32 bits per heavy atom. The average molecular weight is 342 g/mol. The van der Waals surface area contributed by atoms with Gasteiger partial charge in [-0.05, 0) is 0 Å². The van der Waals surface area contributed by atoms with Crippen LogP contribution in [0.3, 0.4) is 0 Å². The van der Waals surface area contributed by atoms with Crippen molar-refractivity contribution in [3.05, 3.63) is 60.7 Å². The van der Waals surface area contributed by atoms with E-state index in [0.29, 0.717) is 24.9 Å². The first-order valence-corrected chi connectivity index (χ1v) is 7.92. The fourth-order valence-electron chi connectivity index (χ4n) is 2.57. The summed E-state index contributed by atoms with van der Waals surface area (Å²) in [5, 5.41) is 18.5. The third-order valence-electron chi connectivity index (χ3n) is 3.71. The van der Waals surface area contributed by atoms with E-state index >= 15 is 0 Å². The zero-order valence-corrected chi connectivity index (χ0v) is 13.8. The molecule has 0 unspecified atom stereocenters. The number of aromatic nitrogens is 1. The predicted molar refractivity (Wildman–Crippen MR) is 97.4 cm³/mol. The predicted octanol–water partition coefficient (Wildman–Crippen LogP) is 1.97. The Balaban J connectivity index is 0.00000225. The average Bonchev–Trinajstić information content (AvgIpc) is 3.08. The molecule has 2 aromatic carbocycles. The van der Waals surface area contributed by atoms with Gasteiger partial charge < -0.3 is 25.0 Å². The van der Waals surface area contributed by atoms with Crippen LogP contribution in [0.4, 0.5) is 6.01 Å². The lowest BCUT2D eigenvalue weighted by atomic mass is 10.1. The normalized spacial score (nSPS) is 10.3. The van der Waals surface area contributed by atoms with Crippen molar-refractivity contribution < 1.29 is 20.1 Å². The van der Waals surface area contributed by atoms with Crippen molar-refractivity contribution in [3.8, 4) is 22.6 Å². The largest absolute Gasteiger partial charge is 0.423 e. The summed E-state index contributed by atoms with van der Waals surface area (Å²) in [6.07, 6.45) is 0. The molecule has 0 aliphatic rings. The molecule has 0 amide bonds. The molecule has 1 aromatic heterocycles. The molecular weight excluding hydrogens is 320 g/mol. The fraction of sp³-hybridized carbons (Fsp3) is 0.211. The van der Waals surface area contributed by atoms with Crippen LogP contribution in [0.5, 0.6) is 0 Å². The Morgan fingerprint density at radius 1 is 0.800 bits per heavy atom. The number of nitrogens with zero attached hydrogens (tertiary/aromatic N) is 2. The molecular formula is C19H22N2O4. The molecule has 3 rings (SSSR count). The van der Waals surface area contributed by atoms with Crippen LogP contribution in [0.25, 0.3) is 22.6 Å². The molecule has 25 heavy (non-hydrogen) atoms. The quantitative estimate of drug-likeness (QED) is 0.683. The first-order chi connectivity index (χ1) is 11.8. The summed E-state index contributed by atoms with van der Waals surface area (Å²) in [7, 11) is 0. The molecule has 0 atom stereocenters. The maximum atomic E-state index is 9.24. The Kier molecular flexibility index (Phi) is 6.71. The number of hydrogen-bond acceptors (Lipinski definition) is 5. The number of rotatable bonds is 7. The minimum atomic E-state index is -0.0380. The van der Waals surface area contributed by atoms with Gasteiger partial charge in [-0.1, -0.05) is 60.7 Å². The van der Waals surface area contributed by atoms with Gasteiger partial charge in [0.1, 0.15) is 5.69 Å². The number of anilines is 1. The number of benzene rings is 2. The van der Waals surface area contributed by atoms with Gasteiger partial charge in [0.2, 0.25) is 0 Å². The van der Waals surface area contributed by atoms with Crippen LogP contribution in [0.1, 0.15) is 0 Å². The van der Waals surface area contributed by atoms with Crippen molar-refractivity contribution in [1.29, 1.82) is 0 Å². The molecule has 6 heteroatoms. The lowest BCUT2D eigenvalue weighted by Crippen LogP contribution is -2.29. The topological polar surface area (TPSA) is 101 Å². The van der Waals surface area contributed by atoms with E-state index in [9.17, 15) is 10.2 Å². The molecule has 0 bridgehead atoms. The van der Waals surface area contributed by atoms with Crippen molar-refractivity contribution in [1.82, 2.24) is 4.98 Å². The van der Waals surface area contributed by atoms with Crippen LogP contribution in [0, 0.1) is 0 Å². The molecule has 132 valence electrons. The molecule has 0 saturated carbocycles. The summed E-state index contributed by atoms with van der Waals surface area (Å²) in [6, 6.07) is 20.0. The van der Waals surface area contributed by atoms with Gasteiger partial charge in [-0.25, -0.2) is 0 Å². The lowest BCUT2D eigenvalue weighted by Gasteiger charge is -2.17. The van der Waals surface area contributed by atoms with Crippen molar-refractivity contribution in [2.45, 2.75) is 0 Å². The molecule has 0 spiro atoms. The molecule has 0 aliphatic heterocycles. The molecule has 6 nitrogen and oxygen atoms in total. The molecule has 3 aromatic rings. The molecule has 4 N–H and O–H groups in total. The van der Waals surface area contributed by atoms with E-state index in [1.807, 2.05) is 60.7 Å². The van der Waals surface area contributed by atoms with Crippen molar-refractivity contribution in [2.75, 3.05) is 31.2 Å². The first kappa shape index (κ1) is 18.7. The van der Waals surface area contributed by atoms with Crippen LogP contribution < -0.4 is 4.90 Å². The second kappa shape index (κ2) is 8.98. The van der Waals surface area contributed by atoms with Crippen molar-refractivity contribution in [2.24, 2.45) is 0 Å². The van der Waals surface area contributed by atoms with Crippen molar-refractivity contribution in [3.63, 3.8) is 0 Å². The minimum absolute atomic E-state index is 0. The van der Waals surface area contributed by atoms with Crippen LogP contribution >= 0.6 is 0 Å². The Bertz CT molecular complexity index is 697. The zero-order chi connectivity index (χ0) is 16.8. The molecule has 0 aliphatic carbocycles. The highest BCUT2D eigenvalue weighted by molar-refractivity contribution is 5.78. The Morgan fingerprint density at radius 3 is 1.84 bits per heavy atom. The summed E-state index contributed by atoms with van der Waals surface area (Å²) < 4.78 is 6.02. The van der Waals surface area contributed by atoms with Crippen LogP contribution in [-0.4, -0.2) is 47.0 Å². The van der Waals surface area contributed by atoms with E-state index in [4.69, 9.17) is 4.42 Å². The summed E-state index contributed by atoms with van der Waals surface area (Å²) >= 11 is 0. The third kappa shape index (κ3) is 4.24. The first-order valence-electron chi connectivity index (χ1n) is 7.92. The summed E-state index contributed by atoms with van der Waals surface area (Å²) in [5.41, 5.74) is 2.64. The second-order valence-corrected chi connectivity index (χ2v) is 5.34. The number of hydrogen-bond donors (Lipinski definition) is 2. The summed E-state index contributed by atoms with van der Waals surface area (Å²) in [6.45, 7) is 0.626. The zero-order valence-electron chi connectivity index (χ0n) is 13.8.